The molecule has 0 aromatic heterocycles. The van der Waals surface area contributed by atoms with Crippen LogP contribution < -0.4 is 5.32 Å². The first kappa shape index (κ1) is 13.4. The predicted molar refractivity (Wildman–Crippen MR) is 92.9 cm³/mol. The maximum absolute atomic E-state index is 3.71. The van der Waals surface area contributed by atoms with E-state index < -0.39 is 0 Å². The van der Waals surface area contributed by atoms with E-state index in [-0.39, 0.29) is 0 Å². The Balaban J connectivity index is 1.50. The summed E-state index contributed by atoms with van der Waals surface area (Å²) in [6.07, 6.45) is 3.56. The van der Waals surface area contributed by atoms with Crippen LogP contribution in [0.1, 0.15) is 30.4 Å². The molecule has 0 radical (unpaired) electrons. The van der Waals surface area contributed by atoms with Crippen molar-refractivity contribution in [2.45, 2.75) is 25.3 Å². The fourth-order valence-electron chi connectivity index (χ4n) is 3.81. The lowest BCUT2D eigenvalue weighted by atomic mass is 9.88. The Bertz CT molecular complexity index is 690. The Hall–Kier alpha value is -2.22. The summed E-state index contributed by atoms with van der Waals surface area (Å²) < 4.78 is 0. The van der Waals surface area contributed by atoms with Gasteiger partial charge in [-0.25, -0.2) is 0 Å². The third-order valence-corrected chi connectivity index (χ3v) is 4.95. The monoisotopic (exact) mass is 290 g/mol. The number of rotatable bonds is 2. The van der Waals surface area contributed by atoms with E-state index in [2.05, 4.69) is 77.9 Å². The van der Waals surface area contributed by atoms with E-state index in [1.165, 1.54) is 28.8 Å². The highest BCUT2D eigenvalue weighted by Crippen LogP contribution is 2.40. The zero-order valence-corrected chi connectivity index (χ0v) is 13.0. The number of likely N-dealkylation sites (tertiary alicyclic amines) is 1. The Labute approximate surface area is 132 Å². The number of piperidine rings is 1. The quantitative estimate of drug-likeness (QED) is 0.885. The molecule has 1 saturated heterocycles. The molecule has 2 heteroatoms. The van der Waals surface area contributed by atoms with E-state index in [0.717, 1.165) is 13.1 Å². The van der Waals surface area contributed by atoms with Crippen molar-refractivity contribution in [2.24, 2.45) is 0 Å². The van der Waals surface area contributed by atoms with Crippen molar-refractivity contribution in [3.05, 3.63) is 71.9 Å². The van der Waals surface area contributed by atoms with Gasteiger partial charge in [-0.2, -0.15) is 0 Å². The van der Waals surface area contributed by atoms with Crippen LogP contribution in [0.15, 0.2) is 60.8 Å². The summed E-state index contributed by atoms with van der Waals surface area (Å²) in [5.74, 6) is 0.679. The average molecular weight is 290 g/mol. The Morgan fingerprint density at radius 1 is 1.09 bits per heavy atom. The lowest BCUT2D eigenvalue weighted by Crippen LogP contribution is -2.41. The topological polar surface area (TPSA) is 15.3 Å². The SMILES string of the molecule is C/C(=C/N1CCC2c3ccccc3NC2C1)c1ccccc1. The van der Waals surface area contributed by atoms with Crippen molar-refractivity contribution < 1.29 is 0 Å². The normalized spacial score (nSPS) is 23.7. The number of allylic oxidation sites excluding steroid dienone is 1. The standard InChI is InChI=1S/C20H22N2/c1-15(16-7-3-2-4-8-16)13-22-12-11-18-17-9-5-6-10-19(17)21-20(18)14-22/h2-10,13,18,20-21H,11-12,14H2,1H3/b15-13-. The second-order valence-electron chi connectivity index (χ2n) is 6.41. The van der Waals surface area contributed by atoms with Gasteiger partial charge in [0.25, 0.3) is 0 Å². The van der Waals surface area contributed by atoms with Crippen molar-refractivity contribution in [1.82, 2.24) is 4.90 Å². The van der Waals surface area contributed by atoms with Crippen molar-refractivity contribution in [2.75, 3.05) is 18.4 Å². The Morgan fingerprint density at radius 3 is 2.73 bits per heavy atom. The van der Waals surface area contributed by atoms with Gasteiger partial charge >= 0.3 is 0 Å². The van der Waals surface area contributed by atoms with Crippen LogP contribution in [0, 0.1) is 0 Å². The number of anilines is 1. The van der Waals surface area contributed by atoms with Crippen LogP contribution in [0.2, 0.25) is 0 Å². The van der Waals surface area contributed by atoms with E-state index >= 15 is 0 Å². The van der Waals surface area contributed by atoms with E-state index in [4.69, 9.17) is 0 Å². The lowest BCUT2D eigenvalue weighted by Gasteiger charge is -2.35. The second-order valence-corrected chi connectivity index (χ2v) is 6.41. The fraction of sp³-hybridized carbons (Fsp3) is 0.300. The maximum Gasteiger partial charge on any atom is 0.0506 e. The van der Waals surface area contributed by atoms with Gasteiger partial charge in [-0.1, -0.05) is 48.5 Å². The number of benzene rings is 2. The molecule has 0 saturated carbocycles. The third kappa shape index (κ3) is 2.39. The van der Waals surface area contributed by atoms with E-state index in [1.54, 1.807) is 0 Å². The highest BCUT2D eigenvalue weighted by atomic mass is 15.2. The first-order chi connectivity index (χ1) is 10.8. The summed E-state index contributed by atoms with van der Waals surface area (Å²) >= 11 is 0. The van der Waals surface area contributed by atoms with Gasteiger partial charge in [-0.15, -0.1) is 0 Å². The van der Waals surface area contributed by atoms with Crippen LogP contribution in [0.4, 0.5) is 5.69 Å². The van der Waals surface area contributed by atoms with Crippen LogP contribution in [-0.2, 0) is 0 Å². The summed E-state index contributed by atoms with van der Waals surface area (Å²) in [4.78, 5) is 2.47. The van der Waals surface area contributed by atoms with Gasteiger partial charge in [0.05, 0.1) is 6.04 Å². The first-order valence-corrected chi connectivity index (χ1v) is 8.14. The molecule has 0 spiro atoms. The van der Waals surface area contributed by atoms with Crippen LogP contribution in [-0.4, -0.2) is 24.0 Å². The van der Waals surface area contributed by atoms with Crippen molar-refractivity contribution in [1.29, 1.82) is 0 Å². The van der Waals surface area contributed by atoms with E-state index in [0.29, 0.717) is 12.0 Å². The number of hydrogen-bond donors (Lipinski definition) is 1. The molecule has 2 unspecified atom stereocenters. The molecule has 0 aliphatic carbocycles. The molecular weight excluding hydrogens is 268 g/mol. The van der Waals surface area contributed by atoms with Gasteiger partial charge < -0.3 is 10.2 Å². The molecule has 22 heavy (non-hydrogen) atoms. The number of hydrogen-bond acceptors (Lipinski definition) is 2. The van der Waals surface area contributed by atoms with Crippen molar-refractivity contribution in [3.8, 4) is 0 Å². The van der Waals surface area contributed by atoms with Crippen LogP contribution in [0.5, 0.6) is 0 Å². The number of nitrogens with zero attached hydrogens (tertiary/aromatic N) is 1. The molecule has 2 atom stereocenters. The molecule has 1 N–H and O–H groups in total. The number of para-hydroxylation sites is 1. The van der Waals surface area contributed by atoms with E-state index in [1.807, 2.05) is 0 Å². The fourth-order valence-corrected chi connectivity index (χ4v) is 3.81. The first-order valence-electron chi connectivity index (χ1n) is 8.14. The minimum atomic E-state index is 0.547. The Kier molecular flexibility index (Phi) is 3.38. The van der Waals surface area contributed by atoms with Crippen molar-refractivity contribution >= 4 is 11.3 Å². The minimum Gasteiger partial charge on any atom is -0.380 e. The van der Waals surface area contributed by atoms with Crippen LogP contribution in [0.3, 0.4) is 0 Å². The predicted octanol–water partition coefficient (Wildman–Crippen LogP) is 4.33. The third-order valence-electron chi connectivity index (χ3n) is 4.95. The van der Waals surface area contributed by atoms with E-state index in [9.17, 15) is 0 Å². The molecule has 0 bridgehead atoms. The minimum absolute atomic E-state index is 0.547. The van der Waals surface area contributed by atoms with Crippen LogP contribution >= 0.6 is 0 Å². The van der Waals surface area contributed by atoms with Gasteiger partial charge in [0, 0.05) is 30.9 Å². The molecule has 2 aliphatic heterocycles. The molecule has 0 amide bonds. The molecule has 2 aromatic carbocycles. The lowest BCUT2D eigenvalue weighted by molar-refractivity contribution is 0.273. The molecule has 2 aliphatic rings. The molecule has 4 rings (SSSR count). The zero-order valence-electron chi connectivity index (χ0n) is 13.0. The smallest absolute Gasteiger partial charge is 0.0506 e. The summed E-state index contributed by atoms with van der Waals surface area (Å²) in [5.41, 5.74) is 5.50. The number of nitrogens with one attached hydrogen (secondary N) is 1. The van der Waals surface area contributed by atoms with Gasteiger partial charge in [0.2, 0.25) is 0 Å². The summed E-state index contributed by atoms with van der Waals surface area (Å²) in [5, 5.41) is 3.71. The molecule has 1 fully saturated rings. The number of fused-ring (bicyclic) bond motifs is 3. The Morgan fingerprint density at radius 2 is 1.86 bits per heavy atom. The van der Waals surface area contributed by atoms with Gasteiger partial charge in [-0.05, 0) is 36.1 Å². The molecule has 2 aromatic rings. The highest BCUT2D eigenvalue weighted by molar-refractivity contribution is 5.63. The second kappa shape index (κ2) is 5.53. The van der Waals surface area contributed by atoms with Crippen molar-refractivity contribution in [3.63, 3.8) is 0 Å². The van der Waals surface area contributed by atoms with Gasteiger partial charge in [-0.3, -0.25) is 0 Å². The summed E-state index contributed by atoms with van der Waals surface area (Å²) in [6.45, 7) is 4.43. The largest absolute Gasteiger partial charge is 0.380 e. The summed E-state index contributed by atoms with van der Waals surface area (Å²) in [6, 6.07) is 20.0. The highest BCUT2D eigenvalue weighted by Gasteiger charge is 2.35. The molecule has 112 valence electrons. The molecule has 2 heterocycles. The zero-order chi connectivity index (χ0) is 14.9. The summed E-state index contributed by atoms with van der Waals surface area (Å²) in [7, 11) is 0. The molecule has 2 nitrogen and oxygen atoms in total. The maximum atomic E-state index is 3.71. The van der Waals surface area contributed by atoms with Gasteiger partial charge in [0.1, 0.15) is 0 Å². The average Bonchev–Trinajstić information content (AvgIpc) is 2.93. The van der Waals surface area contributed by atoms with Gasteiger partial charge in [0.15, 0.2) is 0 Å². The van der Waals surface area contributed by atoms with Crippen LogP contribution in [0.25, 0.3) is 5.57 Å². The molecular formula is C20H22N2.